The van der Waals surface area contributed by atoms with Crippen LogP contribution in [0.25, 0.3) is 0 Å². The molecule has 1 unspecified atom stereocenters. The highest BCUT2D eigenvalue weighted by molar-refractivity contribution is 5.25. The maximum absolute atomic E-state index is 5.95. The Kier molecular flexibility index (Phi) is 5.80. The first kappa shape index (κ1) is 15.3. The van der Waals surface area contributed by atoms with E-state index in [4.69, 9.17) is 9.47 Å². The Morgan fingerprint density at radius 3 is 2.95 bits per heavy atom. The van der Waals surface area contributed by atoms with E-state index in [9.17, 15) is 0 Å². The van der Waals surface area contributed by atoms with Crippen molar-refractivity contribution in [3.05, 3.63) is 23.4 Å². The molecule has 1 aromatic heterocycles. The van der Waals surface area contributed by atoms with Crippen LogP contribution in [0.3, 0.4) is 0 Å². The minimum atomic E-state index is 0.158. The molecule has 1 N–H and O–H groups in total. The molecule has 1 aromatic rings. The van der Waals surface area contributed by atoms with Gasteiger partial charge in [0.1, 0.15) is 6.10 Å². The molecule has 4 heteroatoms. The molecule has 112 valence electrons. The van der Waals surface area contributed by atoms with Gasteiger partial charge in [-0.3, -0.25) is 0 Å². The minimum Gasteiger partial charge on any atom is -0.472 e. The van der Waals surface area contributed by atoms with Crippen LogP contribution >= 0.6 is 0 Å². The maximum atomic E-state index is 5.95. The van der Waals surface area contributed by atoms with E-state index in [1.54, 1.807) is 0 Å². The third-order valence-electron chi connectivity index (χ3n) is 3.31. The van der Waals surface area contributed by atoms with Crippen molar-refractivity contribution >= 4 is 0 Å². The first-order valence-electron chi connectivity index (χ1n) is 7.65. The first-order valence-corrected chi connectivity index (χ1v) is 7.65. The van der Waals surface area contributed by atoms with Crippen molar-refractivity contribution in [3.8, 4) is 5.88 Å². The molecule has 1 fully saturated rings. The SMILES string of the molecule is CCCc1cc(CNC(C)C)cc(OC2CCOC2)n1. The average Bonchev–Trinajstić information content (AvgIpc) is 2.89. The largest absolute Gasteiger partial charge is 0.472 e. The van der Waals surface area contributed by atoms with Crippen molar-refractivity contribution in [2.75, 3.05) is 13.2 Å². The van der Waals surface area contributed by atoms with Crippen molar-refractivity contribution in [1.29, 1.82) is 0 Å². The second kappa shape index (κ2) is 7.60. The van der Waals surface area contributed by atoms with Crippen molar-refractivity contribution in [2.24, 2.45) is 0 Å². The van der Waals surface area contributed by atoms with Gasteiger partial charge in [-0.05, 0) is 18.1 Å². The summed E-state index contributed by atoms with van der Waals surface area (Å²) in [6.07, 6.45) is 3.21. The molecule has 1 aliphatic heterocycles. The Morgan fingerprint density at radius 1 is 1.45 bits per heavy atom. The van der Waals surface area contributed by atoms with Gasteiger partial charge in [0, 0.05) is 30.8 Å². The molecule has 1 aliphatic rings. The van der Waals surface area contributed by atoms with Crippen LogP contribution in [0.1, 0.15) is 44.9 Å². The fraction of sp³-hybridized carbons (Fsp3) is 0.688. The summed E-state index contributed by atoms with van der Waals surface area (Å²) in [5.41, 5.74) is 2.36. The van der Waals surface area contributed by atoms with Gasteiger partial charge in [0.05, 0.1) is 13.2 Å². The number of nitrogens with zero attached hydrogens (tertiary/aromatic N) is 1. The van der Waals surface area contributed by atoms with E-state index >= 15 is 0 Å². The Morgan fingerprint density at radius 2 is 2.30 bits per heavy atom. The van der Waals surface area contributed by atoms with Gasteiger partial charge >= 0.3 is 0 Å². The Labute approximate surface area is 121 Å². The number of pyridine rings is 1. The number of hydrogen-bond donors (Lipinski definition) is 1. The lowest BCUT2D eigenvalue weighted by Crippen LogP contribution is -2.22. The van der Waals surface area contributed by atoms with Crippen LogP contribution in [0.4, 0.5) is 0 Å². The Balaban J connectivity index is 2.07. The van der Waals surface area contributed by atoms with E-state index in [-0.39, 0.29) is 6.10 Å². The van der Waals surface area contributed by atoms with Crippen molar-refractivity contribution < 1.29 is 9.47 Å². The summed E-state index contributed by atoms with van der Waals surface area (Å²) in [5.74, 6) is 0.743. The van der Waals surface area contributed by atoms with Gasteiger partial charge in [-0.15, -0.1) is 0 Å². The summed E-state index contributed by atoms with van der Waals surface area (Å²) >= 11 is 0. The number of hydrogen-bond acceptors (Lipinski definition) is 4. The molecule has 0 aliphatic carbocycles. The molecular formula is C16H26N2O2. The quantitative estimate of drug-likeness (QED) is 0.833. The van der Waals surface area contributed by atoms with Crippen LogP contribution in [-0.2, 0) is 17.7 Å². The van der Waals surface area contributed by atoms with E-state index < -0.39 is 0 Å². The molecule has 1 atom stereocenters. The van der Waals surface area contributed by atoms with Crippen molar-refractivity contribution in [2.45, 2.75) is 58.7 Å². The van der Waals surface area contributed by atoms with Crippen LogP contribution in [0, 0.1) is 0 Å². The van der Waals surface area contributed by atoms with Crippen LogP contribution in [0.15, 0.2) is 12.1 Å². The molecule has 0 aromatic carbocycles. The van der Waals surface area contributed by atoms with Crippen LogP contribution in [0.2, 0.25) is 0 Å². The summed E-state index contributed by atoms with van der Waals surface area (Å²) in [7, 11) is 0. The minimum absolute atomic E-state index is 0.158. The van der Waals surface area contributed by atoms with Crippen molar-refractivity contribution in [3.63, 3.8) is 0 Å². The van der Waals surface area contributed by atoms with Gasteiger partial charge in [0.25, 0.3) is 0 Å². The fourth-order valence-corrected chi connectivity index (χ4v) is 2.27. The third-order valence-corrected chi connectivity index (χ3v) is 3.31. The number of rotatable bonds is 7. The van der Waals surface area contributed by atoms with Gasteiger partial charge in [0.15, 0.2) is 0 Å². The topological polar surface area (TPSA) is 43.4 Å². The molecule has 0 saturated carbocycles. The molecule has 20 heavy (non-hydrogen) atoms. The molecule has 0 amide bonds. The first-order chi connectivity index (χ1) is 9.67. The third kappa shape index (κ3) is 4.76. The van der Waals surface area contributed by atoms with E-state index in [1.165, 1.54) is 5.56 Å². The van der Waals surface area contributed by atoms with Gasteiger partial charge < -0.3 is 14.8 Å². The summed E-state index contributed by atoms with van der Waals surface area (Å²) in [4.78, 5) is 4.61. The lowest BCUT2D eigenvalue weighted by Gasteiger charge is -2.14. The summed E-state index contributed by atoms with van der Waals surface area (Å²) in [5, 5.41) is 3.44. The molecule has 4 nitrogen and oxygen atoms in total. The zero-order chi connectivity index (χ0) is 14.4. The second-order valence-corrected chi connectivity index (χ2v) is 5.69. The fourth-order valence-electron chi connectivity index (χ4n) is 2.27. The summed E-state index contributed by atoms with van der Waals surface area (Å²) < 4.78 is 11.3. The number of nitrogens with one attached hydrogen (secondary N) is 1. The highest BCUT2D eigenvalue weighted by atomic mass is 16.5. The molecule has 0 bridgehead atoms. The average molecular weight is 278 g/mol. The highest BCUT2D eigenvalue weighted by Crippen LogP contribution is 2.18. The number of ether oxygens (including phenoxy) is 2. The zero-order valence-corrected chi connectivity index (χ0v) is 12.8. The number of aryl methyl sites for hydroxylation is 1. The molecule has 2 heterocycles. The standard InChI is InChI=1S/C16H26N2O2/c1-4-5-14-8-13(10-17-12(2)3)9-16(18-14)20-15-6-7-19-11-15/h8-9,12,15,17H,4-7,10-11H2,1-3H3. The van der Waals surface area contributed by atoms with E-state index in [0.29, 0.717) is 12.6 Å². The molecule has 0 spiro atoms. The van der Waals surface area contributed by atoms with Gasteiger partial charge in [0.2, 0.25) is 5.88 Å². The summed E-state index contributed by atoms with van der Waals surface area (Å²) in [6.45, 7) is 8.81. The molecule has 2 rings (SSSR count). The predicted octanol–water partition coefficient (Wildman–Crippen LogP) is 2.70. The van der Waals surface area contributed by atoms with Crippen molar-refractivity contribution in [1.82, 2.24) is 10.3 Å². The molecular weight excluding hydrogens is 252 g/mol. The normalized spacial score (nSPS) is 18.7. The van der Waals surface area contributed by atoms with Crippen LogP contribution in [-0.4, -0.2) is 30.3 Å². The van der Waals surface area contributed by atoms with Gasteiger partial charge in [-0.2, -0.15) is 0 Å². The number of aromatic nitrogens is 1. The van der Waals surface area contributed by atoms with Crippen LogP contribution in [0.5, 0.6) is 5.88 Å². The van der Waals surface area contributed by atoms with E-state index in [2.05, 4.69) is 37.1 Å². The Bertz CT molecular complexity index is 415. The molecule has 0 radical (unpaired) electrons. The maximum Gasteiger partial charge on any atom is 0.214 e. The van der Waals surface area contributed by atoms with Gasteiger partial charge in [-0.1, -0.05) is 27.2 Å². The predicted molar refractivity (Wildman–Crippen MR) is 80.1 cm³/mol. The van der Waals surface area contributed by atoms with Crippen LogP contribution < -0.4 is 10.1 Å². The van der Waals surface area contributed by atoms with Gasteiger partial charge in [-0.25, -0.2) is 4.98 Å². The Hall–Kier alpha value is -1.13. The highest BCUT2D eigenvalue weighted by Gasteiger charge is 2.18. The summed E-state index contributed by atoms with van der Waals surface area (Å²) in [6, 6.07) is 4.70. The van der Waals surface area contributed by atoms with E-state index in [1.807, 2.05) is 6.07 Å². The lowest BCUT2D eigenvalue weighted by molar-refractivity contribution is 0.138. The van der Waals surface area contributed by atoms with E-state index in [0.717, 1.165) is 44.0 Å². The smallest absolute Gasteiger partial charge is 0.214 e. The molecule has 1 saturated heterocycles. The monoisotopic (exact) mass is 278 g/mol. The lowest BCUT2D eigenvalue weighted by atomic mass is 10.1. The zero-order valence-electron chi connectivity index (χ0n) is 12.8. The second-order valence-electron chi connectivity index (χ2n) is 5.69.